The van der Waals surface area contributed by atoms with E-state index in [1.54, 1.807) is 13.3 Å². The van der Waals surface area contributed by atoms with E-state index in [2.05, 4.69) is 9.98 Å². The molecule has 0 radical (unpaired) electrons. The van der Waals surface area contributed by atoms with Gasteiger partial charge in [-0.15, -0.1) is 0 Å². The van der Waals surface area contributed by atoms with Crippen LogP contribution in [0.4, 0.5) is 0 Å². The number of rotatable bonds is 4. The molecule has 0 N–H and O–H groups in total. The van der Waals surface area contributed by atoms with E-state index < -0.39 is 0 Å². The molecule has 0 aliphatic heterocycles. The summed E-state index contributed by atoms with van der Waals surface area (Å²) in [7, 11) is 3.66. The van der Waals surface area contributed by atoms with E-state index in [1.807, 2.05) is 44.1 Å². The van der Waals surface area contributed by atoms with Crippen molar-refractivity contribution >= 4 is 5.84 Å². The van der Waals surface area contributed by atoms with Crippen LogP contribution in [0.5, 0.6) is 0 Å². The zero-order valence-electron chi connectivity index (χ0n) is 10.3. The van der Waals surface area contributed by atoms with Crippen LogP contribution in [0.15, 0.2) is 29.5 Å². The standard InChI is InChI=1S/C12H19N3O/c1-5-14-12(15(3)10(2)16-4)11-7-6-8-13-9-11/h6-10H,5H2,1-4H3. The number of pyridine rings is 1. The molecular weight excluding hydrogens is 202 g/mol. The third kappa shape index (κ3) is 3.03. The molecule has 1 heterocycles. The molecule has 4 nitrogen and oxygen atoms in total. The van der Waals surface area contributed by atoms with Gasteiger partial charge < -0.3 is 9.64 Å². The van der Waals surface area contributed by atoms with Gasteiger partial charge in [0.15, 0.2) is 0 Å². The quantitative estimate of drug-likeness (QED) is 0.442. The monoisotopic (exact) mass is 221 g/mol. The second-order valence-electron chi connectivity index (χ2n) is 3.49. The minimum atomic E-state index is -0.00879. The first kappa shape index (κ1) is 12.6. The minimum absolute atomic E-state index is 0.00879. The second kappa shape index (κ2) is 6.23. The topological polar surface area (TPSA) is 37.7 Å². The SMILES string of the molecule is CCN=C(c1cccnc1)N(C)C(C)OC. The Morgan fingerprint density at radius 2 is 2.38 bits per heavy atom. The van der Waals surface area contributed by atoms with Crippen molar-refractivity contribution in [3.8, 4) is 0 Å². The van der Waals surface area contributed by atoms with Crippen LogP contribution in [0.3, 0.4) is 0 Å². The van der Waals surface area contributed by atoms with E-state index in [1.165, 1.54) is 0 Å². The van der Waals surface area contributed by atoms with E-state index in [0.29, 0.717) is 0 Å². The smallest absolute Gasteiger partial charge is 0.134 e. The summed E-state index contributed by atoms with van der Waals surface area (Å²) >= 11 is 0. The summed E-state index contributed by atoms with van der Waals surface area (Å²) in [4.78, 5) is 10.6. The molecule has 0 saturated heterocycles. The largest absolute Gasteiger partial charge is 0.362 e. The molecule has 0 aromatic carbocycles. The molecule has 1 unspecified atom stereocenters. The van der Waals surface area contributed by atoms with Crippen LogP contribution >= 0.6 is 0 Å². The van der Waals surface area contributed by atoms with Gasteiger partial charge in [-0.05, 0) is 26.0 Å². The molecule has 1 aromatic heterocycles. The van der Waals surface area contributed by atoms with Crippen molar-refractivity contribution in [1.82, 2.24) is 9.88 Å². The Morgan fingerprint density at radius 1 is 1.62 bits per heavy atom. The van der Waals surface area contributed by atoms with Crippen LogP contribution in [-0.4, -0.2) is 42.6 Å². The maximum absolute atomic E-state index is 5.29. The number of aromatic nitrogens is 1. The van der Waals surface area contributed by atoms with Gasteiger partial charge in [0.05, 0.1) is 0 Å². The van der Waals surface area contributed by atoms with Crippen LogP contribution < -0.4 is 0 Å². The summed E-state index contributed by atoms with van der Waals surface area (Å²) in [5, 5.41) is 0. The molecule has 0 amide bonds. The molecule has 0 aliphatic carbocycles. The molecule has 0 bridgehead atoms. The lowest BCUT2D eigenvalue weighted by molar-refractivity contribution is 0.0352. The van der Waals surface area contributed by atoms with Gasteiger partial charge in [0.2, 0.25) is 0 Å². The average molecular weight is 221 g/mol. The Morgan fingerprint density at radius 3 is 2.88 bits per heavy atom. The number of aliphatic imine (C=N–C) groups is 1. The number of amidine groups is 1. The first-order chi connectivity index (χ1) is 7.70. The summed E-state index contributed by atoms with van der Waals surface area (Å²) in [6.45, 7) is 4.74. The van der Waals surface area contributed by atoms with Crippen LogP contribution in [0.25, 0.3) is 0 Å². The molecule has 0 fully saturated rings. The number of nitrogens with zero attached hydrogens (tertiary/aromatic N) is 3. The second-order valence-corrected chi connectivity index (χ2v) is 3.49. The number of hydrogen-bond donors (Lipinski definition) is 0. The average Bonchev–Trinajstić information content (AvgIpc) is 2.35. The van der Waals surface area contributed by atoms with Gasteiger partial charge >= 0.3 is 0 Å². The van der Waals surface area contributed by atoms with Crippen LogP contribution in [0.1, 0.15) is 19.4 Å². The summed E-state index contributed by atoms with van der Waals surface area (Å²) in [6.07, 6.45) is 3.56. The summed E-state index contributed by atoms with van der Waals surface area (Å²) < 4.78 is 5.29. The van der Waals surface area contributed by atoms with Crippen molar-refractivity contribution in [2.75, 3.05) is 20.7 Å². The molecule has 1 rings (SSSR count). The van der Waals surface area contributed by atoms with E-state index in [4.69, 9.17) is 4.74 Å². The number of methoxy groups -OCH3 is 1. The van der Waals surface area contributed by atoms with Gasteiger partial charge in [-0.2, -0.15) is 0 Å². The van der Waals surface area contributed by atoms with E-state index >= 15 is 0 Å². The normalized spacial score (nSPS) is 13.6. The predicted octanol–water partition coefficient (Wildman–Crippen LogP) is 1.77. The summed E-state index contributed by atoms with van der Waals surface area (Å²) in [5.41, 5.74) is 1.01. The van der Waals surface area contributed by atoms with E-state index in [9.17, 15) is 0 Å². The lowest BCUT2D eigenvalue weighted by atomic mass is 10.2. The fourth-order valence-electron chi connectivity index (χ4n) is 1.38. The summed E-state index contributed by atoms with van der Waals surface area (Å²) in [6, 6.07) is 3.91. The van der Waals surface area contributed by atoms with Crippen molar-refractivity contribution in [1.29, 1.82) is 0 Å². The Hall–Kier alpha value is -1.42. The molecule has 0 spiro atoms. The first-order valence-corrected chi connectivity index (χ1v) is 5.41. The van der Waals surface area contributed by atoms with Gasteiger partial charge in [0, 0.05) is 38.7 Å². The number of ether oxygens (including phenoxy) is 1. The lowest BCUT2D eigenvalue weighted by Gasteiger charge is -2.26. The Balaban J connectivity index is 2.97. The highest BCUT2D eigenvalue weighted by Crippen LogP contribution is 2.07. The van der Waals surface area contributed by atoms with E-state index in [-0.39, 0.29) is 6.23 Å². The molecule has 0 saturated carbocycles. The fourth-order valence-corrected chi connectivity index (χ4v) is 1.38. The first-order valence-electron chi connectivity index (χ1n) is 5.41. The molecule has 1 atom stereocenters. The van der Waals surface area contributed by atoms with Crippen LogP contribution in [0, 0.1) is 0 Å². The fraction of sp³-hybridized carbons (Fsp3) is 0.500. The third-order valence-electron chi connectivity index (χ3n) is 2.45. The summed E-state index contributed by atoms with van der Waals surface area (Å²) in [5.74, 6) is 0.907. The van der Waals surface area contributed by atoms with Crippen molar-refractivity contribution in [3.63, 3.8) is 0 Å². The highest BCUT2D eigenvalue weighted by atomic mass is 16.5. The molecule has 16 heavy (non-hydrogen) atoms. The van der Waals surface area contributed by atoms with Gasteiger partial charge in [0.25, 0.3) is 0 Å². The third-order valence-corrected chi connectivity index (χ3v) is 2.45. The van der Waals surface area contributed by atoms with Crippen LogP contribution in [-0.2, 0) is 4.74 Å². The zero-order valence-corrected chi connectivity index (χ0v) is 10.3. The highest BCUT2D eigenvalue weighted by Gasteiger charge is 2.14. The molecule has 1 aromatic rings. The zero-order chi connectivity index (χ0) is 12.0. The Bertz CT molecular complexity index is 337. The Labute approximate surface area is 97.0 Å². The molecule has 88 valence electrons. The molecular formula is C12H19N3O. The maximum Gasteiger partial charge on any atom is 0.134 e. The number of hydrogen-bond acceptors (Lipinski definition) is 3. The van der Waals surface area contributed by atoms with Crippen LogP contribution in [0.2, 0.25) is 0 Å². The van der Waals surface area contributed by atoms with E-state index in [0.717, 1.165) is 17.9 Å². The van der Waals surface area contributed by atoms with Gasteiger partial charge in [-0.1, -0.05) is 0 Å². The Kier molecular flexibility index (Phi) is 4.92. The van der Waals surface area contributed by atoms with Crippen molar-refractivity contribution < 1.29 is 4.74 Å². The van der Waals surface area contributed by atoms with Gasteiger partial charge in [-0.25, -0.2) is 0 Å². The lowest BCUT2D eigenvalue weighted by Crippen LogP contribution is -2.37. The van der Waals surface area contributed by atoms with Gasteiger partial charge in [-0.3, -0.25) is 9.98 Å². The molecule has 0 aliphatic rings. The highest BCUT2D eigenvalue weighted by molar-refractivity contribution is 5.98. The van der Waals surface area contributed by atoms with Crippen molar-refractivity contribution in [2.45, 2.75) is 20.1 Å². The van der Waals surface area contributed by atoms with Gasteiger partial charge in [0.1, 0.15) is 12.1 Å². The van der Waals surface area contributed by atoms with Crippen molar-refractivity contribution in [2.24, 2.45) is 4.99 Å². The maximum atomic E-state index is 5.29. The predicted molar refractivity (Wildman–Crippen MR) is 65.5 cm³/mol. The molecule has 4 heteroatoms. The minimum Gasteiger partial charge on any atom is -0.362 e. The van der Waals surface area contributed by atoms with Crippen molar-refractivity contribution in [3.05, 3.63) is 30.1 Å².